The zero-order valence-electron chi connectivity index (χ0n) is 11.2. The molecule has 1 rings (SSSR count). The number of nitrogens with one attached hydrogen (secondary N) is 1. The second-order valence-corrected chi connectivity index (χ2v) is 4.28. The summed E-state index contributed by atoms with van der Waals surface area (Å²) in [5.41, 5.74) is 0. The molecule has 1 aromatic rings. The van der Waals surface area contributed by atoms with Gasteiger partial charge in [0.1, 0.15) is 11.6 Å². The van der Waals surface area contributed by atoms with Crippen molar-refractivity contribution in [1.82, 2.24) is 14.9 Å². The SMILES string of the molecule is COc1cc(NCCCCN(C)C)nc(C)n1. The highest BCUT2D eigenvalue weighted by atomic mass is 16.5. The van der Waals surface area contributed by atoms with Crippen LogP contribution in [0, 0.1) is 6.92 Å². The zero-order valence-corrected chi connectivity index (χ0v) is 11.2. The number of hydrogen-bond acceptors (Lipinski definition) is 5. The van der Waals surface area contributed by atoms with E-state index in [0.717, 1.165) is 31.2 Å². The number of methoxy groups -OCH3 is 1. The molecule has 0 aliphatic heterocycles. The van der Waals surface area contributed by atoms with Crippen molar-refractivity contribution in [2.24, 2.45) is 0 Å². The van der Waals surface area contributed by atoms with E-state index < -0.39 is 0 Å². The van der Waals surface area contributed by atoms with Gasteiger partial charge in [-0.1, -0.05) is 0 Å². The van der Waals surface area contributed by atoms with Crippen molar-refractivity contribution in [1.29, 1.82) is 0 Å². The average Bonchev–Trinajstić information content (AvgIpc) is 2.27. The maximum atomic E-state index is 5.10. The number of unbranched alkanes of at least 4 members (excludes halogenated alkanes) is 1. The molecule has 0 amide bonds. The number of nitrogens with zero attached hydrogens (tertiary/aromatic N) is 3. The summed E-state index contributed by atoms with van der Waals surface area (Å²) in [7, 11) is 5.79. The molecule has 1 aromatic heterocycles. The fraction of sp³-hybridized carbons (Fsp3) is 0.667. The molecule has 17 heavy (non-hydrogen) atoms. The minimum atomic E-state index is 0.605. The van der Waals surface area contributed by atoms with E-state index in [-0.39, 0.29) is 0 Å². The molecule has 0 aliphatic rings. The summed E-state index contributed by atoms with van der Waals surface area (Å²) in [5, 5.41) is 3.28. The molecule has 5 nitrogen and oxygen atoms in total. The molecule has 0 saturated carbocycles. The number of anilines is 1. The molecule has 0 fully saturated rings. The molecule has 0 aromatic carbocycles. The molecule has 0 aliphatic carbocycles. The lowest BCUT2D eigenvalue weighted by molar-refractivity contribution is 0.395. The third-order valence-corrected chi connectivity index (χ3v) is 2.36. The van der Waals surface area contributed by atoms with Crippen LogP contribution in [0.1, 0.15) is 18.7 Å². The van der Waals surface area contributed by atoms with Crippen LogP contribution in [0.25, 0.3) is 0 Å². The van der Waals surface area contributed by atoms with Crippen LogP contribution < -0.4 is 10.1 Å². The fourth-order valence-corrected chi connectivity index (χ4v) is 1.50. The van der Waals surface area contributed by atoms with E-state index in [0.29, 0.717) is 5.88 Å². The first-order valence-corrected chi connectivity index (χ1v) is 5.90. The van der Waals surface area contributed by atoms with Gasteiger partial charge in [-0.2, -0.15) is 4.98 Å². The molecule has 0 atom stereocenters. The minimum Gasteiger partial charge on any atom is -0.481 e. The molecular formula is C12H22N4O. The number of aryl methyl sites for hydroxylation is 1. The Bertz CT molecular complexity index is 341. The summed E-state index contributed by atoms with van der Waals surface area (Å²) < 4.78 is 5.10. The predicted octanol–water partition coefficient (Wildman–Crippen LogP) is 1.55. The summed E-state index contributed by atoms with van der Waals surface area (Å²) in [6, 6.07) is 1.82. The lowest BCUT2D eigenvalue weighted by Crippen LogP contribution is -2.14. The van der Waals surface area contributed by atoms with Crippen molar-refractivity contribution in [3.8, 4) is 5.88 Å². The van der Waals surface area contributed by atoms with Crippen molar-refractivity contribution < 1.29 is 4.74 Å². The molecule has 1 heterocycles. The Kier molecular flexibility index (Phi) is 5.69. The Morgan fingerprint density at radius 1 is 1.29 bits per heavy atom. The Balaban J connectivity index is 2.33. The zero-order chi connectivity index (χ0) is 12.7. The Morgan fingerprint density at radius 2 is 2.06 bits per heavy atom. The van der Waals surface area contributed by atoms with E-state index in [1.165, 1.54) is 6.42 Å². The van der Waals surface area contributed by atoms with E-state index in [2.05, 4.69) is 34.3 Å². The highest BCUT2D eigenvalue weighted by Gasteiger charge is 2.01. The largest absolute Gasteiger partial charge is 0.481 e. The third-order valence-electron chi connectivity index (χ3n) is 2.36. The Morgan fingerprint density at radius 3 is 2.71 bits per heavy atom. The van der Waals surface area contributed by atoms with E-state index in [4.69, 9.17) is 4.74 Å². The van der Waals surface area contributed by atoms with Gasteiger partial charge in [-0.3, -0.25) is 0 Å². The normalized spacial score (nSPS) is 10.6. The molecule has 0 bridgehead atoms. The minimum absolute atomic E-state index is 0.605. The van der Waals surface area contributed by atoms with Gasteiger partial charge in [-0.25, -0.2) is 4.98 Å². The van der Waals surface area contributed by atoms with E-state index in [1.54, 1.807) is 7.11 Å². The molecule has 1 N–H and O–H groups in total. The van der Waals surface area contributed by atoms with Crippen molar-refractivity contribution in [3.63, 3.8) is 0 Å². The van der Waals surface area contributed by atoms with Gasteiger partial charge in [0.2, 0.25) is 5.88 Å². The monoisotopic (exact) mass is 238 g/mol. The van der Waals surface area contributed by atoms with Crippen LogP contribution in [0.4, 0.5) is 5.82 Å². The molecule has 0 saturated heterocycles. The van der Waals surface area contributed by atoms with Gasteiger partial charge in [0.15, 0.2) is 0 Å². The summed E-state index contributed by atoms with van der Waals surface area (Å²) in [6.45, 7) is 3.90. The second-order valence-electron chi connectivity index (χ2n) is 4.28. The Hall–Kier alpha value is -1.36. The maximum Gasteiger partial charge on any atom is 0.218 e. The lowest BCUT2D eigenvalue weighted by Gasteiger charge is -2.10. The molecular weight excluding hydrogens is 216 g/mol. The summed E-state index contributed by atoms with van der Waals surface area (Å²) in [6.07, 6.45) is 2.31. The first-order valence-electron chi connectivity index (χ1n) is 5.90. The molecule has 0 unspecified atom stereocenters. The van der Waals surface area contributed by atoms with Gasteiger partial charge >= 0.3 is 0 Å². The van der Waals surface area contributed by atoms with Crippen LogP contribution in [0.2, 0.25) is 0 Å². The number of aromatic nitrogens is 2. The van der Waals surface area contributed by atoms with Crippen molar-refractivity contribution in [2.75, 3.05) is 39.6 Å². The highest BCUT2D eigenvalue weighted by Crippen LogP contribution is 2.12. The standard InChI is InChI=1S/C12H22N4O/c1-10-14-11(9-12(15-10)17-4)13-7-5-6-8-16(2)3/h9H,5-8H2,1-4H3,(H,13,14,15). The first kappa shape index (κ1) is 13.7. The lowest BCUT2D eigenvalue weighted by atomic mass is 10.3. The summed E-state index contributed by atoms with van der Waals surface area (Å²) in [4.78, 5) is 10.6. The second kappa shape index (κ2) is 7.06. The smallest absolute Gasteiger partial charge is 0.218 e. The van der Waals surface area contributed by atoms with E-state index >= 15 is 0 Å². The number of hydrogen-bond donors (Lipinski definition) is 1. The van der Waals surface area contributed by atoms with Crippen LogP contribution in [-0.2, 0) is 0 Å². The molecule has 5 heteroatoms. The van der Waals surface area contributed by atoms with Gasteiger partial charge in [-0.15, -0.1) is 0 Å². The fourth-order valence-electron chi connectivity index (χ4n) is 1.50. The van der Waals surface area contributed by atoms with Crippen molar-refractivity contribution in [2.45, 2.75) is 19.8 Å². The number of rotatable bonds is 7. The van der Waals surface area contributed by atoms with Crippen LogP contribution in [0.15, 0.2) is 6.07 Å². The topological polar surface area (TPSA) is 50.3 Å². The summed E-state index contributed by atoms with van der Waals surface area (Å²) in [5.74, 6) is 2.16. The summed E-state index contributed by atoms with van der Waals surface area (Å²) >= 11 is 0. The highest BCUT2D eigenvalue weighted by molar-refractivity contribution is 5.38. The third kappa shape index (κ3) is 5.49. The van der Waals surface area contributed by atoms with Gasteiger partial charge in [0.05, 0.1) is 7.11 Å². The van der Waals surface area contributed by atoms with Gasteiger partial charge < -0.3 is 15.0 Å². The van der Waals surface area contributed by atoms with Gasteiger partial charge in [0.25, 0.3) is 0 Å². The average molecular weight is 238 g/mol. The Labute approximate surface area is 103 Å². The predicted molar refractivity (Wildman–Crippen MR) is 69.6 cm³/mol. The first-order chi connectivity index (χ1) is 8.11. The van der Waals surface area contributed by atoms with Gasteiger partial charge in [0, 0.05) is 12.6 Å². The van der Waals surface area contributed by atoms with E-state index in [9.17, 15) is 0 Å². The molecule has 96 valence electrons. The molecule has 0 spiro atoms. The van der Waals surface area contributed by atoms with Crippen molar-refractivity contribution in [3.05, 3.63) is 11.9 Å². The quantitative estimate of drug-likeness (QED) is 0.730. The van der Waals surface area contributed by atoms with Crippen LogP contribution in [0.5, 0.6) is 5.88 Å². The molecule has 0 radical (unpaired) electrons. The van der Waals surface area contributed by atoms with Crippen LogP contribution >= 0.6 is 0 Å². The van der Waals surface area contributed by atoms with Crippen LogP contribution in [-0.4, -0.2) is 49.2 Å². The van der Waals surface area contributed by atoms with Gasteiger partial charge in [-0.05, 0) is 40.4 Å². The van der Waals surface area contributed by atoms with E-state index in [1.807, 2.05) is 13.0 Å². The maximum absolute atomic E-state index is 5.10. The number of ether oxygens (including phenoxy) is 1. The van der Waals surface area contributed by atoms with Crippen molar-refractivity contribution >= 4 is 5.82 Å². The van der Waals surface area contributed by atoms with Crippen LogP contribution in [0.3, 0.4) is 0 Å².